The minimum absolute atomic E-state index is 0.159. The smallest absolute Gasteiger partial charge is 0.269 e. The molecule has 0 radical (unpaired) electrons. The van der Waals surface area contributed by atoms with Crippen LogP contribution in [0.2, 0.25) is 0 Å². The van der Waals surface area contributed by atoms with Gasteiger partial charge in [-0.2, -0.15) is 0 Å². The van der Waals surface area contributed by atoms with Crippen molar-refractivity contribution in [3.05, 3.63) is 75.8 Å². The van der Waals surface area contributed by atoms with Crippen LogP contribution in [-0.2, 0) is 6.42 Å². The van der Waals surface area contributed by atoms with Gasteiger partial charge in [-0.1, -0.05) is 49.4 Å². The molecule has 110 valence electrons. The molecule has 1 N–H and O–H groups in total. The summed E-state index contributed by atoms with van der Waals surface area (Å²) in [4.78, 5) is 10.5. The Balaban J connectivity index is 2.05. The summed E-state index contributed by atoms with van der Waals surface area (Å²) in [5.74, 6) is 0. The number of nitrogens with one attached hydrogen (secondary N) is 1. The van der Waals surface area contributed by atoms with Crippen LogP contribution in [-0.4, -0.2) is 11.5 Å². The average molecular weight is 284 g/mol. The number of non-ortho nitro benzene ring substituents is 1. The Morgan fingerprint density at radius 1 is 1.14 bits per heavy atom. The van der Waals surface area contributed by atoms with E-state index in [0.717, 1.165) is 24.9 Å². The molecule has 2 aromatic carbocycles. The molecule has 0 aromatic heterocycles. The summed E-state index contributed by atoms with van der Waals surface area (Å²) in [6.45, 7) is 2.98. The van der Waals surface area contributed by atoms with E-state index in [9.17, 15) is 10.1 Å². The minimum Gasteiger partial charge on any atom is -0.310 e. The summed E-state index contributed by atoms with van der Waals surface area (Å²) >= 11 is 0. The number of benzene rings is 2. The molecule has 21 heavy (non-hydrogen) atoms. The van der Waals surface area contributed by atoms with Crippen LogP contribution >= 0.6 is 0 Å². The summed E-state index contributed by atoms with van der Waals surface area (Å²) < 4.78 is 0. The van der Waals surface area contributed by atoms with E-state index in [1.165, 1.54) is 11.6 Å². The third-order valence-electron chi connectivity index (χ3n) is 3.50. The molecule has 0 bridgehead atoms. The highest BCUT2D eigenvalue weighted by Crippen LogP contribution is 2.21. The first kappa shape index (κ1) is 15.2. The summed E-state index contributed by atoms with van der Waals surface area (Å²) in [6, 6.07) is 17.5. The van der Waals surface area contributed by atoms with Crippen LogP contribution in [0, 0.1) is 10.1 Å². The van der Waals surface area contributed by atoms with E-state index in [2.05, 4.69) is 24.4 Å². The molecule has 0 aliphatic rings. The molecule has 2 rings (SSSR count). The molecule has 4 nitrogen and oxygen atoms in total. The number of nitrogens with zero attached hydrogens (tertiary/aromatic N) is 1. The normalized spacial score (nSPS) is 12.0. The molecule has 2 aromatic rings. The largest absolute Gasteiger partial charge is 0.310 e. The highest BCUT2D eigenvalue weighted by atomic mass is 16.6. The zero-order valence-electron chi connectivity index (χ0n) is 12.2. The highest BCUT2D eigenvalue weighted by Gasteiger charge is 2.11. The van der Waals surface area contributed by atoms with Gasteiger partial charge in [-0.25, -0.2) is 0 Å². The van der Waals surface area contributed by atoms with Gasteiger partial charge in [0.15, 0.2) is 0 Å². The number of rotatable bonds is 7. The van der Waals surface area contributed by atoms with Gasteiger partial charge in [-0.15, -0.1) is 0 Å². The fourth-order valence-electron chi connectivity index (χ4n) is 2.45. The highest BCUT2D eigenvalue weighted by molar-refractivity contribution is 5.34. The van der Waals surface area contributed by atoms with E-state index in [-0.39, 0.29) is 16.7 Å². The molecular weight excluding hydrogens is 264 g/mol. The molecular formula is C17H20N2O2. The van der Waals surface area contributed by atoms with Gasteiger partial charge in [-0.3, -0.25) is 10.1 Å². The number of nitro benzene ring substituents is 1. The number of aryl methyl sites for hydroxylation is 1. The van der Waals surface area contributed by atoms with Crippen molar-refractivity contribution in [2.24, 2.45) is 0 Å². The molecule has 0 amide bonds. The van der Waals surface area contributed by atoms with Crippen LogP contribution in [0.25, 0.3) is 0 Å². The van der Waals surface area contributed by atoms with Gasteiger partial charge in [0.1, 0.15) is 0 Å². The molecule has 0 heterocycles. The van der Waals surface area contributed by atoms with Crippen LogP contribution in [0.1, 0.15) is 30.5 Å². The first-order valence-corrected chi connectivity index (χ1v) is 7.22. The summed E-state index contributed by atoms with van der Waals surface area (Å²) in [5.41, 5.74) is 2.42. The van der Waals surface area contributed by atoms with Gasteiger partial charge in [0.05, 0.1) is 4.92 Å². The van der Waals surface area contributed by atoms with Crippen molar-refractivity contribution in [1.82, 2.24) is 5.32 Å². The number of hydrogen-bond donors (Lipinski definition) is 1. The lowest BCUT2D eigenvalue weighted by Gasteiger charge is -2.18. The Kier molecular flexibility index (Phi) is 5.46. The number of hydrogen-bond acceptors (Lipinski definition) is 3. The second kappa shape index (κ2) is 7.55. The maximum absolute atomic E-state index is 10.8. The van der Waals surface area contributed by atoms with Crippen LogP contribution < -0.4 is 5.32 Å². The molecule has 0 aliphatic heterocycles. The van der Waals surface area contributed by atoms with Crippen LogP contribution in [0.5, 0.6) is 0 Å². The van der Waals surface area contributed by atoms with Crippen molar-refractivity contribution in [1.29, 1.82) is 0 Å². The van der Waals surface area contributed by atoms with E-state index in [0.29, 0.717) is 0 Å². The zero-order valence-corrected chi connectivity index (χ0v) is 12.2. The average Bonchev–Trinajstić information content (AvgIpc) is 2.52. The monoisotopic (exact) mass is 284 g/mol. The van der Waals surface area contributed by atoms with E-state index in [4.69, 9.17) is 0 Å². The lowest BCUT2D eigenvalue weighted by molar-refractivity contribution is -0.384. The van der Waals surface area contributed by atoms with Crippen molar-refractivity contribution in [2.75, 3.05) is 6.54 Å². The van der Waals surface area contributed by atoms with Gasteiger partial charge in [-0.05, 0) is 30.5 Å². The molecule has 0 spiro atoms. The maximum atomic E-state index is 10.8. The topological polar surface area (TPSA) is 55.2 Å². The van der Waals surface area contributed by atoms with Crippen molar-refractivity contribution < 1.29 is 4.92 Å². The molecule has 0 saturated heterocycles. The van der Waals surface area contributed by atoms with Crippen molar-refractivity contribution in [2.45, 2.75) is 25.8 Å². The molecule has 4 heteroatoms. The summed E-state index contributed by atoms with van der Waals surface area (Å²) in [6.07, 6.45) is 1.73. The van der Waals surface area contributed by atoms with Crippen LogP contribution in [0.4, 0.5) is 5.69 Å². The van der Waals surface area contributed by atoms with E-state index in [1.807, 2.05) is 24.3 Å². The maximum Gasteiger partial charge on any atom is 0.269 e. The van der Waals surface area contributed by atoms with Crippen molar-refractivity contribution in [3.63, 3.8) is 0 Å². The standard InChI is InChI=1S/C17H20N2O2/c1-2-18-17(15-8-4-3-5-9-15)12-11-14-7-6-10-16(13-14)19(20)21/h3-10,13,17-18H,2,11-12H2,1H3. The van der Waals surface area contributed by atoms with E-state index in [1.54, 1.807) is 12.1 Å². The zero-order chi connectivity index (χ0) is 15.1. The lowest BCUT2D eigenvalue weighted by Crippen LogP contribution is -2.21. The molecule has 0 aliphatic carbocycles. The molecule has 0 fully saturated rings. The van der Waals surface area contributed by atoms with Crippen LogP contribution in [0.3, 0.4) is 0 Å². The van der Waals surface area contributed by atoms with Gasteiger partial charge >= 0.3 is 0 Å². The van der Waals surface area contributed by atoms with Gasteiger partial charge in [0.2, 0.25) is 0 Å². The second-order valence-electron chi connectivity index (χ2n) is 4.99. The third kappa shape index (κ3) is 4.39. The SMILES string of the molecule is CCNC(CCc1cccc([N+](=O)[O-])c1)c1ccccc1. The van der Waals surface area contributed by atoms with Gasteiger partial charge < -0.3 is 5.32 Å². The Morgan fingerprint density at radius 2 is 1.90 bits per heavy atom. The molecule has 1 atom stereocenters. The first-order valence-electron chi connectivity index (χ1n) is 7.22. The first-order chi connectivity index (χ1) is 10.2. The van der Waals surface area contributed by atoms with Gasteiger partial charge in [0.25, 0.3) is 5.69 Å². The minimum atomic E-state index is -0.345. The molecule has 0 saturated carbocycles. The Bertz CT molecular complexity index is 584. The third-order valence-corrected chi connectivity index (χ3v) is 3.50. The predicted octanol–water partition coefficient (Wildman–Crippen LogP) is 3.88. The van der Waals surface area contributed by atoms with Crippen molar-refractivity contribution in [3.8, 4) is 0 Å². The van der Waals surface area contributed by atoms with Crippen LogP contribution in [0.15, 0.2) is 54.6 Å². The fourth-order valence-corrected chi connectivity index (χ4v) is 2.45. The van der Waals surface area contributed by atoms with Crippen molar-refractivity contribution >= 4 is 5.69 Å². The van der Waals surface area contributed by atoms with E-state index < -0.39 is 0 Å². The second-order valence-corrected chi connectivity index (χ2v) is 4.99. The fraction of sp³-hybridized carbons (Fsp3) is 0.294. The quantitative estimate of drug-likeness (QED) is 0.620. The number of nitro groups is 1. The lowest BCUT2D eigenvalue weighted by atomic mass is 9.99. The van der Waals surface area contributed by atoms with E-state index >= 15 is 0 Å². The molecule has 1 unspecified atom stereocenters. The summed E-state index contributed by atoms with van der Waals surface area (Å²) in [5, 5.41) is 14.3. The Labute approximate surface area is 125 Å². The summed E-state index contributed by atoms with van der Waals surface area (Å²) in [7, 11) is 0. The Hall–Kier alpha value is -2.20. The van der Waals surface area contributed by atoms with Gasteiger partial charge in [0, 0.05) is 18.2 Å². The Morgan fingerprint density at radius 3 is 2.57 bits per heavy atom. The predicted molar refractivity (Wildman–Crippen MR) is 84.3 cm³/mol.